The second-order valence-electron chi connectivity index (χ2n) is 6.24. The summed E-state index contributed by atoms with van der Waals surface area (Å²) >= 11 is 1.28. The monoisotopic (exact) mass is 435 g/mol. The minimum atomic E-state index is -0.482. The fraction of sp³-hybridized carbons (Fsp3) is 0.0952. The summed E-state index contributed by atoms with van der Waals surface area (Å²) in [7, 11) is 0. The van der Waals surface area contributed by atoms with E-state index in [4.69, 9.17) is 9.26 Å². The van der Waals surface area contributed by atoms with E-state index in [1.54, 1.807) is 30.5 Å². The van der Waals surface area contributed by atoms with Gasteiger partial charge in [-0.2, -0.15) is 10.2 Å². The topological polar surface area (TPSA) is 118 Å². The lowest BCUT2D eigenvalue weighted by atomic mass is 10.1. The van der Waals surface area contributed by atoms with Crippen molar-refractivity contribution in [3.05, 3.63) is 76.2 Å². The number of H-pyrrole nitrogens is 1. The van der Waals surface area contributed by atoms with E-state index in [0.29, 0.717) is 33.6 Å². The maximum atomic E-state index is 12.9. The average Bonchev–Trinajstić information content (AvgIpc) is 3.27. The van der Waals surface area contributed by atoms with Crippen LogP contribution in [0.5, 0.6) is 5.75 Å². The van der Waals surface area contributed by atoms with E-state index in [-0.39, 0.29) is 23.9 Å². The van der Waals surface area contributed by atoms with Gasteiger partial charge in [0, 0.05) is 11.1 Å². The number of aromatic nitrogens is 4. The predicted molar refractivity (Wildman–Crippen MR) is 111 cm³/mol. The average molecular weight is 435 g/mol. The fourth-order valence-corrected chi connectivity index (χ4v) is 3.12. The van der Waals surface area contributed by atoms with Gasteiger partial charge in [-0.05, 0) is 30.5 Å². The van der Waals surface area contributed by atoms with Crippen LogP contribution in [0.4, 0.5) is 4.39 Å². The van der Waals surface area contributed by atoms with Crippen molar-refractivity contribution in [1.82, 2.24) is 20.1 Å². The second-order valence-corrected chi connectivity index (χ2v) is 7.04. The molecule has 154 valence electrons. The van der Waals surface area contributed by atoms with E-state index in [2.05, 4.69) is 20.1 Å². The number of rotatable bonds is 6. The van der Waals surface area contributed by atoms with Gasteiger partial charge in [0.2, 0.25) is 5.82 Å². The number of nitrogens with zero attached hydrogens (tertiary/aromatic N) is 4. The van der Waals surface area contributed by atoms with Crippen molar-refractivity contribution in [3.63, 3.8) is 0 Å². The summed E-state index contributed by atoms with van der Waals surface area (Å²) < 4.78 is 23.6. The molecule has 0 saturated heterocycles. The van der Waals surface area contributed by atoms with E-state index in [1.807, 2.05) is 6.07 Å². The number of halogens is 1. The van der Waals surface area contributed by atoms with E-state index in [0.717, 1.165) is 0 Å². The van der Waals surface area contributed by atoms with Crippen molar-refractivity contribution in [2.24, 2.45) is 0 Å². The van der Waals surface area contributed by atoms with Crippen LogP contribution in [0.3, 0.4) is 0 Å². The first-order valence-corrected chi connectivity index (χ1v) is 10.2. The summed E-state index contributed by atoms with van der Waals surface area (Å²) in [6.45, 7) is 0.0381. The third-order valence-electron chi connectivity index (χ3n) is 4.26. The Balaban J connectivity index is 1.53. The van der Waals surface area contributed by atoms with Crippen LogP contribution in [-0.4, -0.2) is 26.4 Å². The van der Waals surface area contributed by atoms with Crippen LogP contribution >= 0.6 is 11.8 Å². The van der Waals surface area contributed by atoms with Gasteiger partial charge in [0.25, 0.3) is 11.4 Å². The highest BCUT2D eigenvalue weighted by Crippen LogP contribution is 2.25. The zero-order valence-electron chi connectivity index (χ0n) is 16.1. The third kappa shape index (κ3) is 4.46. The van der Waals surface area contributed by atoms with Crippen molar-refractivity contribution in [2.45, 2.75) is 11.8 Å². The molecule has 0 radical (unpaired) electrons. The molecule has 1 N–H and O–H groups in total. The predicted octanol–water partition coefficient (Wildman–Crippen LogP) is 3.80. The molecule has 10 heteroatoms. The summed E-state index contributed by atoms with van der Waals surface area (Å²) in [5, 5.41) is 13.7. The Morgan fingerprint density at radius 2 is 1.84 bits per heavy atom. The zero-order chi connectivity index (χ0) is 21.8. The van der Waals surface area contributed by atoms with Crippen LogP contribution < -0.4 is 10.3 Å². The quantitative estimate of drug-likeness (QED) is 0.359. The van der Waals surface area contributed by atoms with E-state index < -0.39 is 5.56 Å². The molecule has 31 heavy (non-hydrogen) atoms. The van der Waals surface area contributed by atoms with Gasteiger partial charge in [-0.15, -0.1) is 0 Å². The molecular weight excluding hydrogens is 421 g/mol. The molecule has 0 aliphatic rings. The molecule has 0 saturated carbocycles. The zero-order valence-corrected chi connectivity index (χ0v) is 16.9. The molecule has 4 rings (SSSR count). The minimum Gasteiger partial charge on any atom is -0.484 e. The summed E-state index contributed by atoms with van der Waals surface area (Å²) in [6.07, 6.45) is 1.78. The maximum Gasteiger partial charge on any atom is 0.270 e. The van der Waals surface area contributed by atoms with Gasteiger partial charge >= 0.3 is 0 Å². The number of hydrogen-bond acceptors (Lipinski definition) is 8. The second kappa shape index (κ2) is 8.81. The molecule has 4 aromatic rings. The van der Waals surface area contributed by atoms with Crippen LogP contribution in [0, 0.1) is 17.1 Å². The Morgan fingerprint density at radius 3 is 2.52 bits per heavy atom. The molecule has 0 spiro atoms. The SMILES string of the molecule is CSc1nc(-c2ccc(-c3noc(COc4ccc(F)cc4)n3)cc2)c(C#N)c(=O)[nH]1. The molecule has 0 amide bonds. The molecule has 0 aliphatic carbocycles. The van der Waals surface area contributed by atoms with Crippen molar-refractivity contribution >= 4 is 11.8 Å². The van der Waals surface area contributed by atoms with E-state index in [9.17, 15) is 14.4 Å². The molecule has 0 fully saturated rings. The highest BCUT2D eigenvalue weighted by molar-refractivity contribution is 7.98. The van der Waals surface area contributed by atoms with Crippen LogP contribution in [0.1, 0.15) is 11.5 Å². The number of ether oxygens (including phenoxy) is 1. The molecule has 2 heterocycles. The van der Waals surface area contributed by atoms with Gasteiger partial charge in [-0.25, -0.2) is 9.37 Å². The standard InChI is InChI=1S/C21H14FN5O3S/c1-31-21-25-18(16(10-23)20(28)26-21)12-2-4-13(5-3-12)19-24-17(30-27-19)11-29-15-8-6-14(22)7-9-15/h2-9H,11H2,1H3,(H,25,26,28). The Kier molecular flexibility index (Phi) is 5.77. The van der Waals surface area contributed by atoms with Crippen molar-refractivity contribution < 1.29 is 13.7 Å². The first kappa shape index (κ1) is 20.3. The van der Waals surface area contributed by atoms with Gasteiger partial charge in [-0.1, -0.05) is 41.2 Å². The minimum absolute atomic E-state index is 0.0381. The highest BCUT2D eigenvalue weighted by atomic mass is 32.2. The third-order valence-corrected chi connectivity index (χ3v) is 4.84. The summed E-state index contributed by atoms with van der Waals surface area (Å²) in [5.74, 6) is 0.746. The molecule has 0 aliphatic heterocycles. The van der Waals surface area contributed by atoms with Crippen molar-refractivity contribution in [1.29, 1.82) is 5.26 Å². The lowest BCUT2D eigenvalue weighted by Crippen LogP contribution is -2.14. The molecule has 0 unspecified atom stereocenters. The first-order chi connectivity index (χ1) is 15.1. The summed E-state index contributed by atoms with van der Waals surface area (Å²) in [5.41, 5.74) is 1.07. The molecule has 8 nitrogen and oxygen atoms in total. The smallest absolute Gasteiger partial charge is 0.270 e. The summed E-state index contributed by atoms with van der Waals surface area (Å²) in [6, 6.07) is 14.5. The molecular formula is C21H14FN5O3S. The molecule has 2 aromatic carbocycles. The van der Waals surface area contributed by atoms with Gasteiger partial charge in [-0.3, -0.25) is 4.79 Å². The first-order valence-electron chi connectivity index (χ1n) is 8.97. The Bertz CT molecular complexity index is 1310. The van der Waals surface area contributed by atoms with Gasteiger partial charge in [0.05, 0.1) is 5.69 Å². The Morgan fingerprint density at radius 1 is 1.13 bits per heavy atom. The number of nitrogens with one attached hydrogen (secondary N) is 1. The van der Waals surface area contributed by atoms with Gasteiger partial charge in [0.15, 0.2) is 11.8 Å². The van der Waals surface area contributed by atoms with Crippen LogP contribution in [0.15, 0.2) is 63.0 Å². The number of aromatic amines is 1. The van der Waals surface area contributed by atoms with Crippen molar-refractivity contribution in [2.75, 3.05) is 6.26 Å². The van der Waals surface area contributed by atoms with E-state index in [1.165, 1.54) is 36.0 Å². The number of nitriles is 1. The molecule has 2 aromatic heterocycles. The lowest BCUT2D eigenvalue weighted by Gasteiger charge is -2.05. The molecule has 0 bridgehead atoms. The summed E-state index contributed by atoms with van der Waals surface area (Å²) in [4.78, 5) is 23.3. The fourth-order valence-electron chi connectivity index (χ4n) is 2.75. The van der Waals surface area contributed by atoms with Crippen LogP contribution in [0.2, 0.25) is 0 Å². The number of benzene rings is 2. The molecule has 0 atom stereocenters. The maximum absolute atomic E-state index is 12.9. The lowest BCUT2D eigenvalue weighted by molar-refractivity contribution is 0.242. The van der Waals surface area contributed by atoms with Gasteiger partial charge < -0.3 is 14.2 Å². The number of hydrogen-bond donors (Lipinski definition) is 1. The van der Waals surface area contributed by atoms with Crippen molar-refractivity contribution in [3.8, 4) is 34.5 Å². The van der Waals surface area contributed by atoms with Gasteiger partial charge in [0.1, 0.15) is 23.2 Å². The highest BCUT2D eigenvalue weighted by Gasteiger charge is 2.14. The Labute approximate surface area is 179 Å². The van der Waals surface area contributed by atoms with E-state index >= 15 is 0 Å². The van der Waals surface area contributed by atoms with Crippen LogP contribution in [-0.2, 0) is 6.61 Å². The normalized spacial score (nSPS) is 10.6. The van der Waals surface area contributed by atoms with Crippen LogP contribution in [0.25, 0.3) is 22.6 Å². The largest absolute Gasteiger partial charge is 0.484 e. The Hall–Kier alpha value is -3.97. The number of thioether (sulfide) groups is 1.